The molecule has 14 heteroatoms. The first kappa shape index (κ1) is 44.6. The number of carbonyl (C=O) groups excluding carboxylic acids is 5. The van der Waals surface area contributed by atoms with Gasteiger partial charge in [0.15, 0.2) is 0 Å². The minimum absolute atomic E-state index is 0.0422. The normalized spacial score (nSPS) is 17.1. The SMILES string of the molecule is COC(=O)c1ccc(C2CCN(C(=O)OC(C)(C)C)C2)c2cc(C)[nH]c12.COC(=O)c1ccc(C2CCN(C(=O)OC(C)(C)C)C2)c2cc(C)n(C(=O)OC(C)(C)C)c12. The summed E-state index contributed by atoms with van der Waals surface area (Å²) in [5, 5.41) is 1.79. The average Bonchev–Trinajstić information content (AvgIpc) is 3.93. The Morgan fingerprint density at radius 3 is 1.53 bits per heavy atom. The minimum Gasteiger partial charge on any atom is -0.465 e. The number of methoxy groups -OCH3 is 2. The molecule has 2 aliphatic rings. The van der Waals surface area contributed by atoms with Crippen LogP contribution >= 0.6 is 0 Å². The van der Waals surface area contributed by atoms with Crippen molar-refractivity contribution in [1.29, 1.82) is 0 Å². The average molecular weight is 817 g/mol. The lowest BCUT2D eigenvalue weighted by atomic mass is 9.93. The number of fused-ring (bicyclic) bond motifs is 2. The third-order valence-electron chi connectivity index (χ3n) is 10.1. The smallest absolute Gasteiger partial charge is 0.419 e. The van der Waals surface area contributed by atoms with Crippen LogP contribution in [-0.4, -0.2) is 107 Å². The number of H-pyrrole nitrogens is 1. The summed E-state index contributed by atoms with van der Waals surface area (Å²) in [4.78, 5) is 69.2. The van der Waals surface area contributed by atoms with Gasteiger partial charge in [-0.3, -0.25) is 0 Å². The summed E-state index contributed by atoms with van der Waals surface area (Å²) in [6, 6.07) is 11.3. The molecule has 4 aromatic rings. The second kappa shape index (κ2) is 17.0. The van der Waals surface area contributed by atoms with E-state index in [1.165, 1.54) is 18.8 Å². The highest BCUT2D eigenvalue weighted by atomic mass is 16.6. The van der Waals surface area contributed by atoms with E-state index in [1.54, 1.807) is 49.6 Å². The maximum Gasteiger partial charge on any atom is 0.419 e. The zero-order chi connectivity index (χ0) is 43.8. The fourth-order valence-electron chi connectivity index (χ4n) is 7.66. The van der Waals surface area contributed by atoms with E-state index in [2.05, 4.69) is 4.98 Å². The molecule has 2 aromatic heterocycles. The molecule has 59 heavy (non-hydrogen) atoms. The molecule has 1 N–H and O–H groups in total. The Bertz CT molecular complexity index is 2250. The van der Waals surface area contributed by atoms with Crippen molar-refractivity contribution in [2.45, 2.75) is 118 Å². The van der Waals surface area contributed by atoms with Crippen LogP contribution in [0.5, 0.6) is 0 Å². The molecule has 0 spiro atoms. The number of aromatic amines is 1. The van der Waals surface area contributed by atoms with Gasteiger partial charge in [-0.25, -0.2) is 28.5 Å². The zero-order valence-corrected chi connectivity index (χ0v) is 36.8. The van der Waals surface area contributed by atoms with Gasteiger partial charge in [-0.1, -0.05) is 12.1 Å². The number of rotatable bonds is 4. The molecule has 2 aliphatic heterocycles. The molecule has 6 rings (SSSR count). The summed E-state index contributed by atoms with van der Waals surface area (Å²) >= 11 is 0. The highest BCUT2D eigenvalue weighted by Gasteiger charge is 2.35. The van der Waals surface area contributed by atoms with Crippen molar-refractivity contribution in [1.82, 2.24) is 19.4 Å². The highest BCUT2D eigenvalue weighted by molar-refractivity contribution is 6.07. The lowest BCUT2D eigenvalue weighted by molar-refractivity contribution is 0.0282. The van der Waals surface area contributed by atoms with Crippen LogP contribution in [0.4, 0.5) is 14.4 Å². The second-order valence-electron chi connectivity index (χ2n) is 18.3. The number of aryl methyl sites for hydroxylation is 2. The number of hydrogen-bond acceptors (Lipinski definition) is 10. The predicted octanol–water partition coefficient (Wildman–Crippen LogP) is 9.23. The van der Waals surface area contributed by atoms with Gasteiger partial charge in [0.2, 0.25) is 0 Å². The molecule has 0 bridgehead atoms. The lowest BCUT2D eigenvalue weighted by Crippen LogP contribution is -2.35. The van der Waals surface area contributed by atoms with Gasteiger partial charge >= 0.3 is 30.2 Å². The first-order chi connectivity index (χ1) is 27.4. The van der Waals surface area contributed by atoms with Crippen LogP contribution in [0.1, 0.15) is 130 Å². The van der Waals surface area contributed by atoms with Crippen LogP contribution in [0, 0.1) is 13.8 Å². The van der Waals surface area contributed by atoms with E-state index in [0.29, 0.717) is 43.0 Å². The van der Waals surface area contributed by atoms with E-state index < -0.39 is 28.9 Å². The Kier molecular flexibility index (Phi) is 12.8. The number of benzene rings is 2. The van der Waals surface area contributed by atoms with Crippen molar-refractivity contribution < 1.29 is 47.7 Å². The molecule has 0 saturated carbocycles. The molecule has 0 aliphatic carbocycles. The van der Waals surface area contributed by atoms with Gasteiger partial charge in [0, 0.05) is 60.2 Å². The number of aromatic nitrogens is 2. The quantitative estimate of drug-likeness (QED) is 0.155. The molecule has 14 nitrogen and oxygen atoms in total. The van der Waals surface area contributed by atoms with Crippen LogP contribution in [0.3, 0.4) is 0 Å². The van der Waals surface area contributed by atoms with Gasteiger partial charge in [-0.15, -0.1) is 0 Å². The zero-order valence-electron chi connectivity index (χ0n) is 36.8. The van der Waals surface area contributed by atoms with Crippen LogP contribution in [-0.2, 0) is 23.7 Å². The number of nitrogens with one attached hydrogen (secondary N) is 1. The first-order valence-electron chi connectivity index (χ1n) is 20.0. The first-order valence-corrected chi connectivity index (χ1v) is 20.0. The van der Waals surface area contributed by atoms with E-state index >= 15 is 0 Å². The molecular formula is C45H60N4O10. The summed E-state index contributed by atoms with van der Waals surface area (Å²) in [6.45, 7) is 22.7. The molecule has 0 radical (unpaired) electrons. The number of esters is 2. The third-order valence-corrected chi connectivity index (χ3v) is 10.1. The van der Waals surface area contributed by atoms with Crippen LogP contribution < -0.4 is 0 Å². The van der Waals surface area contributed by atoms with Crippen molar-refractivity contribution in [3.63, 3.8) is 0 Å². The largest absolute Gasteiger partial charge is 0.465 e. The maximum absolute atomic E-state index is 13.0. The van der Waals surface area contributed by atoms with Crippen LogP contribution in [0.15, 0.2) is 36.4 Å². The molecule has 2 fully saturated rings. The Morgan fingerprint density at radius 1 is 0.610 bits per heavy atom. The fourth-order valence-corrected chi connectivity index (χ4v) is 7.66. The Labute approximate surface area is 346 Å². The Morgan fingerprint density at radius 2 is 1.05 bits per heavy atom. The van der Waals surface area contributed by atoms with E-state index in [0.717, 1.165) is 46.0 Å². The fraction of sp³-hybridized carbons (Fsp3) is 0.533. The summed E-state index contributed by atoms with van der Waals surface area (Å²) in [7, 11) is 2.69. The van der Waals surface area contributed by atoms with E-state index in [1.807, 2.05) is 72.7 Å². The number of hydrogen-bond donors (Lipinski definition) is 1. The van der Waals surface area contributed by atoms with Crippen molar-refractivity contribution in [3.8, 4) is 0 Å². The predicted molar refractivity (Wildman–Crippen MR) is 224 cm³/mol. The van der Waals surface area contributed by atoms with Crippen molar-refractivity contribution in [2.24, 2.45) is 0 Å². The highest BCUT2D eigenvalue weighted by Crippen LogP contribution is 2.38. The molecule has 2 amide bonds. The van der Waals surface area contributed by atoms with E-state index in [4.69, 9.17) is 23.7 Å². The number of nitrogens with zero attached hydrogens (tertiary/aromatic N) is 3. The summed E-state index contributed by atoms with van der Waals surface area (Å²) in [5.41, 5.74) is 4.07. The van der Waals surface area contributed by atoms with Gasteiger partial charge in [0.1, 0.15) is 16.8 Å². The van der Waals surface area contributed by atoms with Gasteiger partial charge in [0.05, 0.1) is 36.4 Å². The molecular weight excluding hydrogens is 757 g/mol. The number of amides is 2. The van der Waals surface area contributed by atoms with Gasteiger partial charge < -0.3 is 38.5 Å². The Hall–Kier alpha value is -5.53. The summed E-state index contributed by atoms with van der Waals surface area (Å²) in [5.74, 6) is -0.631. The second-order valence-corrected chi connectivity index (χ2v) is 18.3. The van der Waals surface area contributed by atoms with E-state index in [9.17, 15) is 24.0 Å². The summed E-state index contributed by atoms with van der Waals surface area (Å²) < 4.78 is 27.9. The van der Waals surface area contributed by atoms with Crippen LogP contribution in [0.2, 0.25) is 0 Å². The van der Waals surface area contributed by atoms with Gasteiger partial charge in [-0.2, -0.15) is 0 Å². The molecule has 2 unspecified atom stereocenters. The minimum atomic E-state index is -0.692. The van der Waals surface area contributed by atoms with E-state index in [-0.39, 0.29) is 35.6 Å². The number of carbonyl (C=O) groups is 5. The number of likely N-dealkylation sites (tertiary alicyclic amines) is 2. The standard InChI is InChI=1S/C25H34N2O6.C20H26N2O4/c1-15-13-19-17(16-11-12-26(14-16)22(29)32-24(2,3)4)9-10-18(21(28)31-8)20(19)27(15)23(30)33-25(5,6)7;1-12-10-16-14(6-7-15(17(16)21-12)18(23)25-5)13-8-9-22(11-13)19(24)26-20(2,3)4/h9-10,13,16H,11-12,14H2,1-8H3;6-7,10,13,21H,8-9,11H2,1-5H3. The number of ether oxygens (including phenoxy) is 5. The maximum atomic E-state index is 13.0. The van der Waals surface area contributed by atoms with Crippen molar-refractivity contribution >= 4 is 52.0 Å². The van der Waals surface area contributed by atoms with Crippen molar-refractivity contribution in [2.75, 3.05) is 40.4 Å². The monoisotopic (exact) mass is 816 g/mol. The molecule has 4 heterocycles. The third kappa shape index (κ3) is 10.4. The topological polar surface area (TPSA) is 159 Å². The van der Waals surface area contributed by atoms with Gasteiger partial charge in [0.25, 0.3) is 0 Å². The Balaban J connectivity index is 0.000000230. The molecule has 2 aromatic carbocycles. The van der Waals surface area contributed by atoms with Crippen molar-refractivity contribution in [3.05, 3.63) is 70.0 Å². The van der Waals surface area contributed by atoms with Crippen LogP contribution in [0.25, 0.3) is 21.8 Å². The van der Waals surface area contributed by atoms with Gasteiger partial charge in [-0.05, 0) is 124 Å². The molecule has 320 valence electrons. The molecule has 2 atom stereocenters. The lowest BCUT2D eigenvalue weighted by Gasteiger charge is -2.24. The molecule has 2 saturated heterocycles. The summed E-state index contributed by atoms with van der Waals surface area (Å²) in [6.07, 6.45) is 0.459.